The number of hydrogen-bond donors (Lipinski definition) is 2. The van der Waals surface area contributed by atoms with E-state index in [1.54, 1.807) is 0 Å². The molecule has 0 fully saturated rings. The van der Waals surface area contributed by atoms with Crippen LogP contribution in [0, 0.1) is 10.1 Å². The first-order valence-corrected chi connectivity index (χ1v) is 9.67. The molecule has 0 saturated carbocycles. The molecular weight excluding hydrogens is 398 g/mol. The summed E-state index contributed by atoms with van der Waals surface area (Å²) >= 11 is 0. The first kappa shape index (κ1) is 20.1. The molecule has 3 aromatic rings. The van der Waals surface area contributed by atoms with Gasteiger partial charge in [-0.05, 0) is 22.3 Å². The van der Waals surface area contributed by atoms with Gasteiger partial charge in [0.05, 0.1) is 11.1 Å². The van der Waals surface area contributed by atoms with Crippen molar-refractivity contribution in [2.45, 2.75) is 5.92 Å². The second kappa shape index (κ2) is 8.66. The number of aromatic nitrogens is 1. The Morgan fingerprint density at radius 3 is 2.42 bits per heavy atom. The van der Waals surface area contributed by atoms with Gasteiger partial charge in [0.25, 0.3) is 11.2 Å². The second-order valence-corrected chi connectivity index (χ2v) is 7.01. The highest BCUT2D eigenvalue weighted by Crippen LogP contribution is 2.44. The lowest BCUT2D eigenvalue weighted by atomic mass is 9.98. The fourth-order valence-corrected chi connectivity index (χ4v) is 3.70. The average Bonchev–Trinajstić information content (AvgIpc) is 3.10. The minimum Gasteiger partial charge on any atom is -0.449 e. The Bertz CT molecular complexity index is 1190. The van der Waals surface area contributed by atoms with Gasteiger partial charge in [-0.25, -0.2) is 4.79 Å². The third kappa shape index (κ3) is 4.23. The maximum Gasteiger partial charge on any atom is 0.407 e. The predicted octanol–water partition coefficient (Wildman–Crippen LogP) is 3.84. The normalized spacial score (nSPS) is 12.4. The summed E-state index contributed by atoms with van der Waals surface area (Å²) in [5.74, 6) is -0.0304. The number of nitro groups is 1. The smallest absolute Gasteiger partial charge is 0.407 e. The van der Waals surface area contributed by atoms with Crippen molar-refractivity contribution < 1.29 is 14.5 Å². The zero-order valence-electron chi connectivity index (χ0n) is 16.4. The Morgan fingerprint density at radius 2 is 1.77 bits per heavy atom. The van der Waals surface area contributed by atoms with Gasteiger partial charge in [-0.1, -0.05) is 60.7 Å². The molecule has 0 aliphatic heterocycles. The summed E-state index contributed by atoms with van der Waals surface area (Å²) < 4.78 is 5.43. The molecule has 0 bridgehead atoms. The molecule has 8 heteroatoms. The van der Waals surface area contributed by atoms with E-state index in [0.717, 1.165) is 28.5 Å². The van der Waals surface area contributed by atoms with Crippen LogP contribution in [0.15, 0.2) is 71.7 Å². The zero-order valence-corrected chi connectivity index (χ0v) is 16.4. The van der Waals surface area contributed by atoms with Crippen LogP contribution in [0.5, 0.6) is 0 Å². The van der Waals surface area contributed by atoms with Gasteiger partial charge in [-0.3, -0.25) is 14.9 Å². The number of aromatic amines is 1. The fraction of sp³-hybridized carbons (Fsp3) is 0.130. The van der Waals surface area contributed by atoms with Gasteiger partial charge >= 0.3 is 6.09 Å². The Kier molecular flexibility index (Phi) is 5.61. The average molecular weight is 417 g/mol. The van der Waals surface area contributed by atoms with E-state index in [-0.39, 0.29) is 30.3 Å². The molecule has 0 atom stereocenters. The summed E-state index contributed by atoms with van der Waals surface area (Å²) in [4.78, 5) is 36.4. The molecule has 156 valence electrons. The number of H-pyrrole nitrogens is 1. The summed E-state index contributed by atoms with van der Waals surface area (Å²) in [5, 5.41) is 13.4. The molecule has 8 nitrogen and oxygen atoms in total. The number of pyridine rings is 1. The second-order valence-electron chi connectivity index (χ2n) is 7.01. The number of rotatable bonds is 6. The van der Waals surface area contributed by atoms with Crippen molar-refractivity contribution in [1.29, 1.82) is 0 Å². The molecule has 31 heavy (non-hydrogen) atoms. The summed E-state index contributed by atoms with van der Waals surface area (Å²) in [7, 11) is 0. The van der Waals surface area contributed by atoms with E-state index in [2.05, 4.69) is 22.4 Å². The van der Waals surface area contributed by atoms with E-state index in [1.165, 1.54) is 18.2 Å². The number of amides is 1. The van der Waals surface area contributed by atoms with Crippen molar-refractivity contribution in [3.8, 4) is 11.1 Å². The number of alkyl carbamates (subject to hydrolysis) is 1. The van der Waals surface area contributed by atoms with E-state index in [4.69, 9.17) is 4.74 Å². The van der Waals surface area contributed by atoms with Crippen LogP contribution in [0.4, 0.5) is 10.5 Å². The summed E-state index contributed by atoms with van der Waals surface area (Å²) in [6.07, 6.45) is 3.39. The van der Waals surface area contributed by atoms with Crippen molar-refractivity contribution >= 4 is 17.9 Å². The Labute approximate surface area is 177 Å². The van der Waals surface area contributed by atoms with Crippen LogP contribution >= 0.6 is 0 Å². The highest BCUT2D eigenvalue weighted by Gasteiger charge is 2.28. The number of carbonyl (C=O) groups excluding carboxylic acids is 1. The Morgan fingerprint density at radius 1 is 1.13 bits per heavy atom. The van der Waals surface area contributed by atoms with Crippen molar-refractivity contribution in [2.24, 2.45) is 0 Å². The Hall–Kier alpha value is -4.20. The third-order valence-corrected chi connectivity index (χ3v) is 5.13. The van der Waals surface area contributed by atoms with E-state index in [0.29, 0.717) is 0 Å². The van der Waals surface area contributed by atoms with Crippen molar-refractivity contribution in [2.75, 3.05) is 13.2 Å². The fourth-order valence-electron chi connectivity index (χ4n) is 3.70. The lowest BCUT2D eigenvalue weighted by Crippen LogP contribution is -2.26. The molecule has 0 saturated heterocycles. The van der Waals surface area contributed by atoms with E-state index >= 15 is 0 Å². The molecule has 1 aliphatic carbocycles. The minimum atomic E-state index is -0.595. The lowest BCUT2D eigenvalue weighted by Gasteiger charge is -2.14. The molecule has 1 heterocycles. The maximum absolute atomic E-state index is 12.1. The first-order valence-electron chi connectivity index (χ1n) is 9.67. The number of benzene rings is 2. The van der Waals surface area contributed by atoms with E-state index < -0.39 is 16.6 Å². The summed E-state index contributed by atoms with van der Waals surface area (Å²) in [5.41, 5.74) is 4.01. The van der Waals surface area contributed by atoms with Crippen LogP contribution in [0.2, 0.25) is 0 Å². The number of carbonyl (C=O) groups is 1. The Balaban J connectivity index is 1.35. The standard InChI is InChI=1S/C23H19N3O5/c27-22-15(12-16(13-25-22)26(29)30)6-5-11-24-23(28)31-14-21-19-9-3-1-7-17(19)18-8-2-4-10-20(18)21/h1-10,12-13,21H,11,14H2,(H,24,28)(H,25,27). The molecule has 1 aliphatic rings. The number of nitrogens with zero attached hydrogens (tertiary/aromatic N) is 1. The zero-order chi connectivity index (χ0) is 21.8. The number of ether oxygens (including phenoxy) is 1. The molecule has 0 spiro atoms. The molecule has 4 rings (SSSR count). The summed E-state index contributed by atoms with van der Waals surface area (Å²) in [6, 6.07) is 17.3. The summed E-state index contributed by atoms with van der Waals surface area (Å²) in [6.45, 7) is 0.312. The van der Waals surface area contributed by atoms with Crippen LogP contribution in [0.3, 0.4) is 0 Å². The largest absolute Gasteiger partial charge is 0.449 e. The van der Waals surface area contributed by atoms with Gasteiger partial charge in [0.2, 0.25) is 0 Å². The van der Waals surface area contributed by atoms with E-state index in [1.807, 2.05) is 36.4 Å². The van der Waals surface area contributed by atoms with Crippen LogP contribution < -0.4 is 10.9 Å². The monoisotopic (exact) mass is 417 g/mol. The van der Waals surface area contributed by atoms with Gasteiger partial charge in [-0.2, -0.15) is 0 Å². The van der Waals surface area contributed by atoms with Gasteiger partial charge in [0.1, 0.15) is 6.61 Å². The maximum atomic E-state index is 12.1. The number of nitrogens with one attached hydrogen (secondary N) is 2. The lowest BCUT2D eigenvalue weighted by molar-refractivity contribution is -0.385. The third-order valence-electron chi connectivity index (χ3n) is 5.13. The predicted molar refractivity (Wildman–Crippen MR) is 116 cm³/mol. The number of hydrogen-bond acceptors (Lipinski definition) is 5. The van der Waals surface area contributed by atoms with Crippen molar-refractivity contribution in [3.05, 3.63) is 104 Å². The number of fused-ring (bicyclic) bond motifs is 3. The van der Waals surface area contributed by atoms with Gasteiger partial charge in [0, 0.05) is 24.1 Å². The molecule has 0 unspecified atom stereocenters. The molecular formula is C23H19N3O5. The van der Waals surface area contributed by atoms with E-state index in [9.17, 15) is 19.7 Å². The molecule has 2 aromatic carbocycles. The topological polar surface area (TPSA) is 114 Å². The SMILES string of the molecule is O=C(NCC=Cc1cc([N+](=O)[O-])c[nH]c1=O)OCC1c2ccccc2-c2ccccc21. The van der Waals surface area contributed by atoms with Crippen molar-refractivity contribution in [3.63, 3.8) is 0 Å². The molecule has 2 N–H and O–H groups in total. The van der Waals surface area contributed by atoms with Crippen LogP contribution in [0.1, 0.15) is 22.6 Å². The van der Waals surface area contributed by atoms with Gasteiger partial charge in [0.15, 0.2) is 0 Å². The molecule has 0 radical (unpaired) electrons. The first-order chi connectivity index (χ1) is 15.0. The quantitative estimate of drug-likeness (QED) is 0.467. The molecule has 1 aromatic heterocycles. The van der Waals surface area contributed by atoms with Gasteiger partial charge in [-0.15, -0.1) is 0 Å². The highest BCUT2D eigenvalue weighted by atomic mass is 16.6. The molecule has 1 amide bonds. The van der Waals surface area contributed by atoms with Crippen LogP contribution in [-0.4, -0.2) is 29.2 Å². The van der Waals surface area contributed by atoms with Crippen LogP contribution in [0.25, 0.3) is 17.2 Å². The van der Waals surface area contributed by atoms with Gasteiger partial charge < -0.3 is 15.0 Å². The van der Waals surface area contributed by atoms with Crippen LogP contribution in [-0.2, 0) is 4.74 Å². The minimum absolute atomic E-state index is 0.0304. The van der Waals surface area contributed by atoms with Crippen molar-refractivity contribution in [1.82, 2.24) is 10.3 Å². The highest BCUT2D eigenvalue weighted by molar-refractivity contribution is 5.79.